The summed E-state index contributed by atoms with van der Waals surface area (Å²) in [6.07, 6.45) is 3.14. The number of hydrogen-bond acceptors (Lipinski definition) is 9. The molecule has 2 aromatic rings. The van der Waals surface area contributed by atoms with Crippen LogP contribution in [0, 0.1) is 0 Å². The first kappa shape index (κ1) is 20.0. The highest BCUT2D eigenvalue weighted by atomic mass is 32.1. The number of nitrogens with zero attached hydrogens (tertiary/aromatic N) is 5. The Morgan fingerprint density at radius 3 is 2.62 bits per heavy atom. The number of anilines is 3. The summed E-state index contributed by atoms with van der Waals surface area (Å²) in [5.74, 6) is 1.51. The molecule has 3 N–H and O–H groups in total. The summed E-state index contributed by atoms with van der Waals surface area (Å²) < 4.78 is 0. The SMILES string of the molecule is CCCNC(=O)c1cnc(Nc2nc(CC)nc(NCCN(C)C)n2)s1. The molecule has 0 spiro atoms. The first-order valence-electron chi connectivity index (χ1n) is 8.66. The lowest BCUT2D eigenvalue weighted by Gasteiger charge is -2.11. The van der Waals surface area contributed by atoms with Gasteiger partial charge in [-0.15, -0.1) is 0 Å². The standard InChI is InChI=1S/C16H26N8OS/c1-5-7-17-13(25)11-10-19-16(26-11)23-15-21-12(6-2)20-14(22-15)18-8-9-24(3)4/h10H,5-9H2,1-4H3,(H,17,25)(H2,18,19,20,21,22,23). The van der Waals surface area contributed by atoms with Crippen molar-refractivity contribution in [2.45, 2.75) is 26.7 Å². The normalized spacial score (nSPS) is 10.8. The van der Waals surface area contributed by atoms with Gasteiger partial charge in [-0.1, -0.05) is 25.2 Å². The number of hydrogen-bond donors (Lipinski definition) is 3. The van der Waals surface area contributed by atoms with Gasteiger partial charge in [-0.25, -0.2) is 4.98 Å². The minimum atomic E-state index is -0.117. The van der Waals surface area contributed by atoms with Crippen LogP contribution < -0.4 is 16.0 Å². The van der Waals surface area contributed by atoms with Gasteiger partial charge in [0.2, 0.25) is 11.9 Å². The summed E-state index contributed by atoms with van der Waals surface area (Å²) in [6.45, 7) is 6.25. The van der Waals surface area contributed by atoms with Crippen molar-refractivity contribution in [3.05, 3.63) is 16.9 Å². The third-order valence-corrected chi connectivity index (χ3v) is 4.24. The van der Waals surface area contributed by atoms with E-state index in [1.165, 1.54) is 11.3 Å². The lowest BCUT2D eigenvalue weighted by atomic mass is 10.4. The highest BCUT2D eigenvalue weighted by molar-refractivity contribution is 7.17. The molecular formula is C16H26N8OS. The fourth-order valence-corrected chi connectivity index (χ4v) is 2.69. The molecule has 0 fully saturated rings. The molecule has 0 bridgehead atoms. The minimum absolute atomic E-state index is 0.117. The van der Waals surface area contributed by atoms with Gasteiger partial charge in [0.15, 0.2) is 5.13 Å². The van der Waals surface area contributed by atoms with E-state index >= 15 is 0 Å². The molecule has 0 radical (unpaired) electrons. The van der Waals surface area contributed by atoms with Gasteiger partial charge in [-0.2, -0.15) is 15.0 Å². The van der Waals surface area contributed by atoms with E-state index in [9.17, 15) is 4.79 Å². The average molecular weight is 379 g/mol. The Morgan fingerprint density at radius 2 is 1.92 bits per heavy atom. The molecule has 26 heavy (non-hydrogen) atoms. The topological polar surface area (TPSA) is 108 Å². The second-order valence-electron chi connectivity index (χ2n) is 5.89. The van der Waals surface area contributed by atoms with Gasteiger partial charge < -0.3 is 15.5 Å². The van der Waals surface area contributed by atoms with Crippen molar-refractivity contribution >= 4 is 34.3 Å². The zero-order valence-corrected chi connectivity index (χ0v) is 16.5. The molecule has 0 aliphatic carbocycles. The molecule has 0 saturated carbocycles. The number of likely N-dealkylation sites (N-methyl/N-ethyl adjacent to an activating group) is 1. The van der Waals surface area contributed by atoms with E-state index in [0.29, 0.717) is 40.7 Å². The summed E-state index contributed by atoms with van der Waals surface area (Å²) in [5, 5.41) is 9.67. The van der Waals surface area contributed by atoms with Crippen molar-refractivity contribution in [1.82, 2.24) is 30.2 Å². The maximum atomic E-state index is 12.0. The van der Waals surface area contributed by atoms with Crippen LogP contribution in [0.15, 0.2) is 6.20 Å². The summed E-state index contributed by atoms with van der Waals surface area (Å²) in [5.41, 5.74) is 0. The van der Waals surface area contributed by atoms with Crippen molar-refractivity contribution in [2.75, 3.05) is 44.4 Å². The van der Waals surface area contributed by atoms with Crippen LogP contribution in [0.1, 0.15) is 35.8 Å². The molecule has 1 amide bonds. The largest absolute Gasteiger partial charge is 0.353 e. The molecule has 2 rings (SSSR count). The number of aromatic nitrogens is 4. The first-order chi connectivity index (χ1) is 12.5. The molecule has 10 heteroatoms. The van der Waals surface area contributed by atoms with Crippen LogP contribution in [0.4, 0.5) is 17.0 Å². The molecule has 142 valence electrons. The molecule has 9 nitrogen and oxygen atoms in total. The quantitative estimate of drug-likeness (QED) is 0.574. The van der Waals surface area contributed by atoms with E-state index in [0.717, 1.165) is 19.5 Å². The van der Waals surface area contributed by atoms with Crippen LogP contribution in [0.25, 0.3) is 0 Å². The third-order valence-electron chi connectivity index (χ3n) is 3.32. The second-order valence-corrected chi connectivity index (χ2v) is 6.92. The maximum absolute atomic E-state index is 12.0. The Bertz CT molecular complexity index is 718. The van der Waals surface area contributed by atoms with Gasteiger partial charge in [-0.3, -0.25) is 10.1 Å². The van der Waals surface area contributed by atoms with Crippen molar-refractivity contribution in [3.8, 4) is 0 Å². The predicted octanol–water partition coefficient (Wildman–Crippen LogP) is 1.75. The first-order valence-corrected chi connectivity index (χ1v) is 9.48. The van der Waals surface area contributed by atoms with Gasteiger partial charge in [0.1, 0.15) is 10.7 Å². The second kappa shape index (κ2) is 9.97. The van der Waals surface area contributed by atoms with Gasteiger partial charge in [0.25, 0.3) is 5.91 Å². The number of nitrogens with one attached hydrogen (secondary N) is 3. The van der Waals surface area contributed by atoms with E-state index in [1.807, 2.05) is 27.9 Å². The zero-order chi connectivity index (χ0) is 18.9. The van der Waals surface area contributed by atoms with Gasteiger partial charge >= 0.3 is 0 Å². The summed E-state index contributed by atoms with van der Waals surface area (Å²) in [7, 11) is 4.02. The molecule has 0 saturated heterocycles. The molecular weight excluding hydrogens is 352 g/mol. The van der Waals surface area contributed by atoms with Crippen LogP contribution in [0.2, 0.25) is 0 Å². The maximum Gasteiger partial charge on any atom is 0.263 e. The Labute approximate surface area is 157 Å². The number of rotatable bonds is 10. The van der Waals surface area contributed by atoms with Gasteiger partial charge in [-0.05, 0) is 20.5 Å². The minimum Gasteiger partial charge on any atom is -0.353 e. The molecule has 0 aromatic carbocycles. The van der Waals surface area contributed by atoms with Crippen LogP contribution in [0.5, 0.6) is 0 Å². The van der Waals surface area contributed by atoms with Gasteiger partial charge in [0, 0.05) is 26.1 Å². The summed E-state index contributed by atoms with van der Waals surface area (Å²) in [4.78, 5) is 32.0. The Hall–Kier alpha value is -2.33. The van der Waals surface area contributed by atoms with E-state index in [1.54, 1.807) is 6.20 Å². The molecule has 0 unspecified atom stereocenters. The third kappa shape index (κ3) is 6.19. The van der Waals surface area contributed by atoms with E-state index in [4.69, 9.17) is 0 Å². The summed E-state index contributed by atoms with van der Waals surface area (Å²) in [6, 6.07) is 0. The predicted molar refractivity (Wildman–Crippen MR) is 104 cm³/mol. The van der Waals surface area contributed by atoms with Crippen molar-refractivity contribution in [2.24, 2.45) is 0 Å². The van der Waals surface area contributed by atoms with Gasteiger partial charge in [0.05, 0.1) is 6.20 Å². The van der Waals surface area contributed by atoms with Crippen molar-refractivity contribution in [1.29, 1.82) is 0 Å². The highest BCUT2D eigenvalue weighted by Gasteiger charge is 2.12. The Balaban J connectivity index is 2.06. The number of carbonyl (C=O) groups is 1. The number of carbonyl (C=O) groups excluding carboxylic acids is 1. The molecule has 0 atom stereocenters. The van der Waals surface area contributed by atoms with E-state index in [2.05, 4.69) is 40.8 Å². The smallest absolute Gasteiger partial charge is 0.263 e. The Morgan fingerprint density at radius 1 is 1.15 bits per heavy atom. The lowest BCUT2D eigenvalue weighted by Crippen LogP contribution is -2.22. The Kier molecular flexibility index (Phi) is 7.67. The fraction of sp³-hybridized carbons (Fsp3) is 0.562. The average Bonchev–Trinajstić information content (AvgIpc) is 3.07. The zero-order valence-electron chi connectivity index (χ0n) is 15.7. The monoisotopic (exact) mass is 378 g/mol. The van der Waals surface area contributed by atoms with Crippen LogP contribution in [-0.4, -0.2) is 64.5 Å². The molecule has 0 aliphatic heterocycles. The van der Waals surface area contributed by atoms with E-state index < -0.39 is 0 Å². The van der Waals surface area contributed by atoms with Crippen molar-refractivity contribution < 1.29 is 4.79 Å². The number of thiazole rings is 1. The summed E-state index contributed by atoms with van der Waals surface area (Å²) >= 11 is 1.27. The number of amides is 1. The fourth-order valence-electron chi connectivity index (χ4n) is 1.96. The lowest BCUT2D eigenvalue weighted by molar-refractivity contribution is 0.0957. The van der Waals surface area contributed by atoms with Crippen LogP contribution in [0.3, 0.4) is 0 Å². The van der Waals surface area contributed by atoms with Crippen LogP contribution >= 0.6 is 11.3 Å². The van der Waals surface area contributed by atoms with Crippen molar-refractivity contribution in [3.63, 3.8) is 0 Å². The highest BCUT2D eigenvalue weighted by Crippen LogP contribution is 2.21. The molecule has 2 aromatic heterocycles. The van der Waals surface area contributed by atoms with Crippen LogP contribution in [-0.2, 0) is 6.42 Å². The molecule has 2 heterocycles. The molecule has 0 aliphatic rings. The number of aryl methyl sites for hydroxylation is 1. The van der Waals surface area contributed by atoms with E-state index in [-0.39, 0.29) is 5.91 Å².